The molecule has 0 aliphatic rings. The maximum absolute atomic E-state index is 4.28. The van der Waals surface area contributed by atoms with Gasteiger partial charge in [-0.15, -0.1) is 0 Å². The summed E-state index contributed by atoms with van der Waals surface area (Å²) in [6.07, 6.45) is 0.857. The first-order chi connectivity index (χ1) is 9.79. The fourth-order valence-corrected chi connectivity index (χ4v) is 2.28. The van der Waals surface area contributed by atoms with Gasteiger partial charge in [-0.3, -0.25) is 5.10 Å². The van der Waals surface area contributed by atoms with Gasteiger partial charge in [-0.2, -0.15) is 5.10 Å². The average Bonchev–Trinajstić information content (AvgIpc) is 2.90. The Kier molecular flexibility index (Phi) is 3.83. The molecule has 0 aliphatic carbocycles. The van der Waals surface area contributed by atoms with Crippen LogP contribution in [0.1, 0.15) is 11.3 Å². The second-order valence-corrected chi connectivity index (χ2v) is 5.49. The van der Waals surface area contributed by atoms with Crippen LogP contribution in [0.4, 0.5) is 11.5 Å². The molecule has 0 unspecified atom stereocenters. The Morgan fingerprint density at radius 3 is 2.50 bits per heavy atom. The molecular formula is C16H14BrN3. The van der Waals surface area contributed by atoms with E-state index in [2.05, 4.69) is 43.6 Å². The van der Waals surface area contributed by atoms with Crippen LogP contribution in [0.5, 0.6) is 0 Å². The zero-order chi connectivity index (χ0) is 13.8. The van der Waals surface area contributed by atoms with E-state index in [1.807, 2.05) is 48.5 Å². The molecule has 2 N–H and O–H groups in total. The summed E-state index contributed by atoms with van der Waals surface area (Å²) in [5, 5.41) is 10.6. The highest BCUT2D eigenvalue weighted by Gasteiger charge is 2.02. The van der Waals surface area contributed by atoms with Gasteiger partial charge < -0.3 is 5.32 Å². The highest BCUT2D eigenvalue weighted by atomic mass is 79.9. The third kappa shape index (κ3) is 3.27. The van der Waals surface area contributed by atoms with Crippen molar-refractivity contribution in [3.05, 3.63) is 76.4 Å². The van der Waals surface area contributed by atoms with Crippen LogP contribution < -0.4 is 5.32 Å². The third-order valence-corrected chi connectivity index (χ3v) is 3.51. The lowest BCUT2D eigenvalue weighted by molar-refractivity contribution is 0.998. The van der Waals surface area contributed by atoms with E-state index < -0.39 is 0 Å². The number of H-pyrrole nitrogens is 1. The van der Waals surface area contributed by atoms with Crippen LogP contribution in [0, 0.1) is 0 Å². The second-order valence-electron chi connectivity index (χ2n) is 4.57. The number of aromatic nitrogens is 2. The standard InChI is InChI=1S/C16H14BrN3/c17-13-6-8-14(9-7-13)18-16-11-15(19-20-16)10-12-4-2-1-3-5-12/h1-9,11H,10H2,(H2,18,19,20). The lowest BCUT2D eigenvalue weighted by Gasteiger charge is -2.01. The summed E-state index contributed by atoms with van der Waals surface area (Å²) < 4.78 is 1.06. The predicted octanol–water partition coefficient (Wildman–Crippen LogP) is 4.51. The van der Waals surface area contributed by atoms with Crippen molar-refractivity contribution in [1.82, 2.24) is 10.2 Å². The first-order valence-electron chi connectivity index (χ1n) is 6.40. The molecule has 0 saturated carbocycles. The Labute approximate surface area is 126 Å². The molecule has 100 valence electrons. The van der Waals surface area contributed by atoms with Crippen molar-refractivity contribution in [2.75, 3.05) is 5.32 Å². The number of nitrogens with zero attached hydrogens (tertiary/aromatic N) is 1. The summed E-state index contributed by atoms with van der Waals surface area (Å²) in [4.78, 5) is 0. The number of hydrogen-bond donors (Lipinski definition) is 2. The fraction of sp³-hybridized carbons (Fsp3) is 0.0625. The first-order valence-corrected chi connectivity index (χ1v) is 7.20. The summed E-state index contributed by atoms with van der Waals surface area (Å²) in [7, 11) is 0. The molecule has 3 aromatic rings. The normalized spacial score (nSPS) is 10.4. The SMILES string of the molecule is Brc1ccc(Nc2cc(Cc3ccccc3)[nH]n2)cc1. The van der Waals surface area contributed by atoms with Crippen LogP contribution in [-0.2, 0) is 6.42 Å². The van der Waals surface area contributed by atoms with Gasteiger partial charge in [-0.25, -0.2) is 0 Å². The molecule has 0 atom stereocenters. The van der Waals surface area contributed by atoms with Gasteiger partial charge in [0, 0.05) is 28.3 Å². The molecule has 1 aromatic heterocycles. The molecule has 0 spiro atoms. The van der Waals surface area contributed by atoms with E-state index in [0.29, 0.717) is 0 Å². The van der Waals surface area contributed by atoms with Crippen LogP contribution in [0.15, 0.2) is 65.1 Å². The van der Waals surface area contributed by atoms with Crippen LogP contribution in [0.2, 0.25) is 0 Å². The van der Waals surface area contributed by atoms with Gasteiger partial charge in [0.1, 0.15) is 0 Å². The summed E-state index contributed by atoms with van der Waals surface area (Å²) >= 11 is 3.42. The summed E-state index contributed by atoms with van der Waals surface area (Å²) in [5.41, 5.74) is 3.38. The molecule has 0 aliphatic heterocycles. The lowest BCUT2D eigenvalue weighted by atomic mass is 10.1. The largest absolute Gasteiger partial charge is 0.339 e. The van der Waals surface area contributed by atoms with Gasteiger partial charge in [0.05, 0.1) is 0 Å². The number of hydrogen-bond acceptors (Lipinski definition) is 2. The third-order valence-electron chi connectivity index (χ3n) is 2.98. The Bertz CT molecular complexity index is 674. The molecule has 0 amide bonds. The number of halogens is 1. The zero-order valence-corrected chi connectivity index (χ0v) is 12.4. The molecule has 4 heteroatoms. The number of rotatable bonds is 4. The smallest absolute Gasteiger partial charge is 0.152 e. The van der Waals surface area contributed by atoms with Crippen molar-refractivity contribution >= 4 is 27.4 Å². The molecule has 0 radical (unpaired) electrons. The number of aromatic amines is 1. The Morgan fingerprint density at radius 2 is 1.75 bits per heavy atom. The van der Waals surface area contributed by atoms with Crippen molar-refractivity contribution in [1.29, 1.82) is 0 Å². The lowest BCUT2D eigenvalue weighted by Crippen LogP contribution is -1.89. The summed E-state index contributed by atoms with van der Waals surface area (Å²) in [6.45, 7) is 0. The molecule has 3 rings (SSSR count). The van der Waals surface area contributed by atoms with Crippen molar-refractivity contribution in [2.45, 2.75) is 6.42 Å². The highest BCUT2D eigenvalue weighted by Crippen LogP contribution is 2.19. The first kappa shape index (κ1) is 12.9. The van der Waals surface area contributed by atoms with Gasteiger partial charge in [0.2, 0.25) is 0 Å². The molecule has 0 fully saturated rings. The average molecular weight is 328 g/mol. The van der Waals surface area contributed by atoms with E-state index in [1.165, 1.54) is 5.56 Å². The topological polar surface area (TPSA) is 40.7 Å². The van der Waals surface area contributed by atoms with E-state index in [4.69, 9.17) is 0 Å². The van der Waals surface area contributed by atoms with Gasteiger partial charge in [-0.1, -0.05) is 46.3 Å². The molecule has 20 heavy (non-hydrogen) atoms. The number of nitrogens with one attached hydrogen (secondary N) is 2. The number of benzene rings is 2. The predicted molar refractivity (Wildman–Crippen MR) is 85.3 cm³/mol. The van der Waals surface area contributed by atoms with Gasteiger partial charge in [0.25, 0.3) is 0 Å². The zero-order valence-electron chi connectivity index (χ0n) is 10.8. The van der Waals surface area contributed by atoms with Gasteiger partial charge in [-0.05, 0) is 29.8 Å². The van der Waals surface area contributed by atoms with Crippen LogP contribution in [0.25, 0.3) is 0 Å². The van der Waals surface area contributed by atoms with E-state index >= 15 is 0 Å². The minimum Gasteiger partial charge on any atom is -0.339 e. The fourth-order valence-electron chi connectivity index (χ4n) is 2.01. The van der Waals surface area contributed by atoms with E-state index in [1.54, 1.807) is 0 Å². The maximum atomic E-state index is 4.28. The Morgan fingerprint density at radius 1 is 1.00 bits per heavy atom. The van der Waals surface area contributed by atoms with Crippen LogP contribution in [-0.4, -0.2) is 10.2 Å². The van der Waals surface area contributed by atoms with Gasteiger partial charge >= 0.3 is 0 Å². The maximum Gasteiger partial charge on any atom is 0.152 e. The summed E-state index contributed by atoms with van der Waals surface area (Å²) in [6, 6.07) is 20.4. The van der Waals surface area contributed by atoms with Crippen molar-refractivity contribution in [3.8, 4) is 0 Å². The minimum atomic E-state index is 0.832. The van der Waals surface area contributed by atoms with Crippen molar-refractivity contribution in [2.24, 2.45) is 0 Å². The quantitative estimate of drug-likeness (QED) is 0.740. The highest BCUT2D eigenvalue weighted by molar-refractivity contribution is 9.10. The van der Waals surface area contributed by atoms with Crippen molar-refractivity contribution in [3.63, 3.8) is 0 Å². The summed E-state index contributed by atoms with van der Waals surface area (Å²) in [5.74, 6) is 0.832. The van der Waals surface area contributed by atoms with E-state index in [9.17, 15) is 0 Å². The molecule has 3 nitrogen and oxygen atoms in total. The van der Waals surface area contributed by atoms with E-state index in [0.717, 1.165) is 28.1 Å². The van der Waals surface area contributed by atoms with Crippen LogP contribution >= 0.6 is 15.9 Å². The molecule has 2 aromatic carbocycles. The Hall–Kier alpha value is -2.07. The molecule has 0 bridgehead atoms. The van der Waals surface area contributed by atoms with Crippen LogP contribution in [0.3, 0.4) is 0 Å². The monoisotopic (exact) mass is 327 g/mol. The molecule has 0 saturated heterocycles. The second kappa shape index (κ2) is 5.92. The molecular weight excluding hydrogens is 314 g/mol. The van der Waals surface area contributed by atoms with Crippen molar-refractivity contribution < 1.29 is 0 Å². The number of anilines is 2. The van der Waals surface area contributed by atoms with Gasteiger partial charge in [0.15, 0.2) is 5.82 Å². The Balaban J connectivity index is 1.69. The minimum absolute atomic E-state index is 0.832. The van der Waals surface area contributed by atoms with E-state index in [-0.39, 0.29) is 0 Å². The molecule has 1 heterocycles.